The van der Waals surface area contributed by atoms with Gasteiger partial charge in [-0.15, -0.1) is 0 Å². The van der Waals surface area contributed by atoms with Crippen molar-refractivity contribution in [1.82, 2.24) is 0 Å². The summed E-state index contributed by atoms with van der Waals surface area (Å²) in [5, 5.41) is 0. The van der Waals surface area contributed by atoms with Gasteiger partial charge in [0.05, 0.1) is 0 Å². The predicted octanol–water partition coefficient (Wildman–Crippen LogP) is 6.90. The van der Waals surface area contributed by atoms with Gasteiger partial charge in [0.1, 0.15) is 0 Å². The van der Waals surface area contributed by atoms with Crippen molar-refractivity contribution in [2.45, 2.75) is 97.3 Å². The largest absolute Gasteiger partial charge is 0.0914 e. The quantitative estimate of drug-likeness (QED) is 0.297. The maximum atomic E-state index is 2.42. The smallest absolute Gasteiger partial charge is 0.0233 e. The third-order valence-corrected chi connectivity index (χ3v) is 4.82. The van der Waals surface area contributed by atoms with Gasteiger partial charge in [0.25, 0.3) is 0 Å². The Labute approximate surface area is 122 Å². The highest BCUT2D eigenvalue weighted by atomic mass is 14.2. The molecule has 0 nitrogen and oxygen atoms in total. The van der Waals surface area contributed by atoms with E-state index in [1.807, 2.05) is 0 Å². The molecule has 0 unspecified atom stereocenters. The molecule has 0 N–H and O–H groups in total. The standard InChI is InChI=1S/C19H36/c1-3-5-6-7-8-9-10-11-13-19-16-14-18(12-4-2)15-17-19/h4,12,18-19H,3,5-11,13-17H2,1-2H3. The molecular formula is C19H36. The SMILES string of the molecule is CC=CC1CCC(CCCCCCCCCC)CC1. The number of unbranched alkanes of at least 4 members (excludes halogenated alkanes) is 7. The van der Waals surface area contributed by atoms with E-state index in [4.69, 9.17) is 0 Å². The Balaban J connectivity index is 1.88. The van der Waals surface area contributed by atoms with Crippen molar-refractivity contribution in [2.75, 3.05) is 0 Å². The van der Waals surface area contributed by atoms with Crippen LogP contribution in [0.4, 0.5) is 0 Å². The minimum atomic E-state index is 0.903. The van der Waals surface area contributed by atoms with Gasteiger partial charge in [-0.25, -0.2) is 0 Å². The Morgan fingerprint density at radius 3 is 1.95 bits per heavy atom. The number of rotatable bonds is 10. The van der Waals surface area contributed by atoms with Crippen LogP contribution in [-0.4, -0.2) is 0 Å². The molecule has 0 spiro atoms. The molecule has 1 rings (SSSR count). The van der Waals surface area contributed by atoms with Gasteiger partial charge >= 0.3 is 0 Å². The molecule has 0 aromatic carbocycles. The van der Waals surface area contributed by atoms with Crippen LogP contribution >= 0.6 is 0 Å². The molecule has 0 bridgehead atoms. The van der Waals surface area contributed by atoms with E-state index in [0.29, 0.717) is 0 Å². The first-order valence-electron chi connectivity index (χ1n) is 8.99. The average molecular weight is 264 g/mol. The lowest BCUT2D eigenvalue weighted by Crippen LogP contribution is -2.12. The summed E-state index contributed by atoms with van der Waals surface area (Å²) >= 11 is 0. The molecule has 19 heavy (non-hydrogen) atoms. The minimum Gasteiger partial charge on any atom is -0.0914 e. The van der Waals surface area contributed by atoms with Crippen LogP contribution in [-0.2, 0) is 0 Å². The lowest BCUT2D eigenvalue weighted by molar-refractivity contribution is 0.288. The predicted molar refractivity (Wildman–Crippen MR) is 87.5 cm³/mol. The summed E-state index contributed by atoms with van der Waals surface area (Å²) in [6.45, 7) is 4.46. The zero-order chi connectivity index (χ0) is 13.8. The van der Waals surface area contributed by atoms with Crippen LogP contribution in [0.25, 0.3) is 0 Å². The Bertz CT molecular complexity index is 208. The number of hydrogen-bond donors (Lipinski definition) is 0. The zero-order valence-electron chi connectivity index (χ0n) is 13.5. The molecule has 0 aliphatic heterocycles. The summed E-state index contributed by atoms with van der Waals surface area (Å²) in [5.74, 6) is 1.96. The third kappa shape index (κ3) is 8.50. The van der Waals surface area contributed by atoms with Crippen LogP contribution in [0.15, 0.2) is 12.2 Å². The highest BCUT2D eigenvalue weighted by molar-refractivity contribution is 4.88. The fourth-order valence-corrected chi connectivity index (χ4v) is 3.51. The molecule has 0 amide bonds. The van der Waals surface area contributed by atoms with E-state index >= 15 is 0 Å². The van der Waals surface area contributed by atoms with Crippen molar-refractivity contribution in [2.24, 2.45) is 11.8 Å². The molecule has 1 saturated carbocycles. The van der Waals surface area contributed by atoms with Crippen molar-refractivity contribution in [1.29, 1.82) is 0 Å². The molecule has 1 aliphatic carbocycles. The first kappa shape index (κ1) is 16.8. The summed E-state index contributed by atoms with van der Waals surface area (Å²) in [5.41, 5.74) is 0. The Morgan fingerprint density at radius 2 is 1.37 bits per heavy atom. The molecule has 0 atom stereocenters. The number of hydrogen-bond acceptors (Lipinski definition) is 0. The van der Waals surface area contributed by atoms with Crippen molar-refractivity contribution in [3.8, 4) is 0 Å². The van der Waals surface area contributed by atoms with Crippen molar-refractivity contribution < 1.29 is 0 Å². The lowest BCUT2D eigenvalue weighted by atomic mass is 9.79. The third-order valence-electron chi connectivity index (χ3n) is 4.82. The van der Waals surface area contributed by atoms with Crippen molar-refractivity contribution >= 4 is 0 Å². The number of allylic oxidation sites excluding steroid dienone is 2. The fraction of sp³-hybridized carbons (Fsp3) is 0.895. The molecular weight excluding hydrogens is 228 g/mol. The highest BCUT2D eigenvalue weighted by Crippen LogP contribution is 2.32. The molecule has 0 heterocycles. The fourth-order valence-electron chi connectivity index (χ4n) is 3.51. The average Bonchev–Trinajstić information content (AvgIpc) is 2.44. The van der Waals surface area contributed by atoms with Gasteiger partial charge in [-0.1, -0.05) is 76.9 Å². The van der Waals surface area contributed by atoms with Crippen LogP contribution in [0.3, 0.4) is 0 Å². The Hall–Kier alpha value is -0.260. The summed E-state index contributed by atoms with van der Waals surface area (Å²) in [7, 11) is 0. The second-order valence-electron chi connectivity index (χ2n) is 6.57. The second kappa shape index (κ2) is 11.6. The van der Waals surface area contributed by atoms with Crippen LogP contribution in [0.2, 0.25) is 0 Å². The van der Waals surface area contributed by atoms with E-state index in [9.17, 15) is 0 Å². The molecule has 0 aromatic heterocycles. The second-order valence-corrected chi connectivity index (χ2v) is 6.57. The van der Waals surface area contributed by atoms with E-state index in [-0.39, 0.29) is 0 Å². The van der Waals surface area contributed by atoms with E-state index < -0.39 is 0 Å². The molecule has 0 radical (unpaired) electrons. The summed E-state index contributed by atoms with van der Waals surface area (Å²) in [6, 6.07) is 0. The first-order chi connectivity index (χ1) is 9.36. The van der Waals surface area contributed by atoms with E-state index in [2.05, 4.69) is 26.0 Å². The molecule has 112 valence electrons. The van der Waals surface area contributed by atoms with Gasteiger partial charge in [0, 0.05) is 0 Å². The molecule has 1 aliphatic rings. The van der Waals surface area contributed by atoms with Crippen LogP contribution in [0.1, 0.15) is 97.3 Å². The van der Waals surface area contributed by atoms with Crippen molar-refractivity contribution in [3.63, 3.8) is 0 Å². The Kier molecular flexibility index (Phi) is 10.2. The normalized spacial score (nSPS) is 24.1. The van der Waals surface area contributed by atoms with Crippen LogP contribution in [0.5, 0.6) is 0 Å². The highest BCUT2D eigenvalue weighted by Gasteiger charge is 2.18. The van der Waals surface area contributed by atoms with Gasteiger partial charge in [-0.3, -0.25) is 0 Å². The molecule has 0 saturated heterocycles. The van der Waals surface area contributed by atoms with Gasteiger partial charge in [-0.2, -0.15) is 0 Å². The first-order valence-corrected chi connectivity index (χ1v) is 8.99. The molecule has 0 heteroatoms. The van der Waals surface area contributed by atoms with E-state index in [1.54, 1.807) is 0 Å². The van der Waals surface area contributed by atoms with E-state index in [1.165, 1.54) is 83.5 Å². The topological polar surface area (TPSA) is 0 Å². The maximum Gasteiger partial charge on any atom is -0.0233 e. The van der Waals surface area contributed by atoms with Gasteiger partial charge in [0.2, 0.25) is 0 Å². The van der Waals surface area contributed by atoms with E-state index in [0.717, 1.165) is 11.8 Å². The van der Waals surface area contributed by atoms with Crippen molar-refractivity contribution in [3.05, 3.63) is 12.2 Å². The monoisotopic (exact) mass is 264 g/mol. The lowest BCUT2D eigenvalue weighted by Gasteiger charge is -2.26. The van der Waals surface area contributed by atoms with Gasteiger partial charge in [0.15, 0.2) is 0 Å². The van der Waals surface area contributed by atoms with Gasteiger partial charge in [-0.05, 0) is 44.4 Å². The summed E-state index contributed by atoms with van der Waals surface area (Å²) in [4.78, 5) is 0. The summed E-state index contributed by atoms with van der Waals surface area (Å²) < 4.78 is 0. The maximum absolute atomic E-state index is 2.42. The zero-order valence-corrected chi connectivity index (χ0v) is 13.5. The molecule has 1 fully saturated rings. The minimum absolute atomic E-state index is 0.903. The summed E-state index contributed by atoms with van der Waals surface area (Å²) in [6.07, 6.45) is 23.8. The van der Waals surface area contributed by atoms with Gasteiger partial charge < -0.3 is 0 Å². The van der Waals surface area contributed by atoms with Crippen LogP contribution in [0, 0.1) is 11.8 Å². The Morgan fingerprint density at radius 1 is 0.789 bits per heavy atom. The molecule has 0 aromatic rings. The van der Waals surface area contributed by atoms with Crippen LogP contribution < -0.4 is 0 Å².